The molecule has 128 valence electrons. The third-order valence-corrected chi connectivity index (χ3v) is 5.44. The first-order chi connectivity index (χ1) is 10.5. The van der Waals surface area contributed by atoms with Crippen molar-refractivity contribution in [3.05, 3.63) is 34.9 Å². The zero-order valence-electron chi connectivity index (χ0n) is 14.4. The van der Waals surface area contributed by atoms with Crippen LogP contribution in [0.2, 0.25) is 0 Å². The van der Waals surface area contributed by atoms with Crippen molar-refractivity contribution in [2.75, 3.05) is 0 Å². The molecule has 1 heterocycles. The SMILES string of the molecule is CC1CCC(C(C)C)C(NC(=O)c2ccc3c(c2)CNC3)C1.Cl. The van der Waals surface area contributed by atoms with Gasteiger partial charge < -0.3 is 10.6 Å². The molecule has 3 unspecified atom stereocenters. The second-order valence-electron chi connectivity index (χ2n) is 7.49. The van der Waals surface area contributed by atoms with E-state index in [9.17, 15) is 4.79 Å². The van der Waals surface area contributed by atoms with Crippen LogP contribution in [0.5, 0.6) is 0 Å². The van der Waals surface area contributed by atoms with Gasteiger partial charge in [0.15, 0.2) is 0 Å². The van der Waals surface area contributed by atoms with E-state index in [1.54, 1.807) is 0 Å². The Morgan fingerprint density at radius 3 is 2.70 bits per heavy atom. The van der Waals surface area contributed by atoms with Crippen molar-refractivity contribution >= 4 is 18.3 Å². The van der Waals surface area contributed by atoms with Gasteiger partial charge in [-0.15, -0.1) is 12.4 Å². The molecule has 2 aliphatic rings. The van der Waals surface area contributed by atoms with Gasteiger partial charge in [0.1, 0.15) is 0 Å². The van der Waals surface area contributed by atoms with Gasteiger partial charge in [-0.05, 0) is 53.9 Å². The fourth-order valence-electron chi connectivity index (χ4n) is 4.06. The third kappa shape index (κ3) is 4.07. The summed E-state index contributed by atoms with van der Waals surface area (Å²) in [5.74, 6) is 2.04. The number of benzene rings is 1. The number of hydrogen-bond donors (Lipinski definition) is 2. The Morgan fingerprint density at radius 2 is 1.96 bits per heavy atom. The molecule has 0 bridgehead atoms. The van der Waals surface area contributed by atoms with Crippen LogP contribution >= 0.6 is 12.4 Å². The number of hydrogen-bond acceptors (Lipinski definition) is 2. The number of carbonyl (C=O) groups is 1. The van der Waals surface area contributed by atoms with Gasteiger partial charge in [-0.2, -0.15) is 0 Å². The number of halogens is 1. The summed E-state index contributed by atoms with van der Waals surface area (Å²) in [6.07, 6.45) is 3.64. The highest BCUT2D eigenvalue weighted by molar-refractivity contribution is 5.94. The molecule has 1 aliphatic carbocycles. The fraction of sp³-hybridized carbons (Fsp3) is 0.632. The smallest absolute Gasteiger partial charge is 0.251 e. The standard InChI is InChI=1S/C19H28N2O.ClH/c1-12(2)17-7-4-13(3)8-18(17)21-19(22)14-5-6-15-10-20-11-16(15)9-14;/h5-6,9,12-13,17-18,20H,4,7-8,10-11H2,1-3H3,(H,21,22);1H. The first-order valence-electron chi connectivity index (χ1n) is 8.68. The first-order valence-corrected chi connectivity index (χ1v) is 8.68. The van der Waals surface area contributed by atoms with E-state index < -0.39 is 0 Å². The zero-order chi connectivity index (χ0) is 15.7. The van der Waals surface area contributed by atoms with Crippen LogP contribution in [0.4, 0.5) is 0 Å². The minimum atomic E-state index is 0. The maximum Gasteiger partial charge on any atom is 0.251 e. The maximum atomic E-state index is 12.7. The molecule has 1 aliphatic heterocycles. The number of nitrogens with one attached hydrogen (secondary N) is 2. The van der Waals surface area contributed by atoms with Gasteiger partial charge in [0.25, 0.3) is 5.91 Å². The molecule has 1 saturated carbocycles. The zero-order valence-corrected chi connectivity index (χ0v) is 15.2. The van der Waals surface area contributed by atoms with E-state index in [1.165, 1.54) is 24.0 Å². The average molecular weight is 337 g/mol. The molecule has 2 N–H and O–H groups in total. The Labute approximate surface area is 146 Å². The van der Waals surface area contributed by atoms with Crippen LogP contribution in [0.1, 0.15) is 61.5 Å². The minimum Gasteiger partial charge on any atom is -0.349 e. The van der Waals surface area contributed by atoms with Crippen molar-refractivity contribution in [2.45, 2.75) is 59.2 Å². The van der Waals surface area contributed by atoms with Crippen LogP contribution in [0.15, 0.2) is 18.2 Å². The fourth-order valence-corrected chi connectivity index (χ4v) is 4.06. The maximum absolute atomic E-state index is 12.7. The number of amides is 1. The molecule has 0 saturated heterocycles. The lowest BCUT2D eigenvalue weighted by molar-refractivity contribution is 0.0868. The van der Waals surface area contributed by atoms with Crippen molar-refractivity contribution in [1.29, 1.82) is 0 Å². The highest BCUT2D eigenvalue weighted by Crippen LogP contribution is 2.33. The Bertz CT molecular complexity index is 558. The summed E-state index contributed by atoms with van der Waals surface area (Å²) in [7, 11) is 0. The Balaban J connectivity index is 0.00000192. The second kappa shape index (κ2) is 7.67. The van der Waals surface area contributed by atoms with Crippen LogP contribution < -0.4 is 10.6 Å². The Morgan fingerprint density at radius 1 is 1.22 bits per heavy atom. The van der Waals surface area contributed by atoms with Gasteiger partial charge in [-0.1, -0.05) is 33.3 Å². The lowest BCUT2D eigenvalue weighted by Gasteiger charge is -2.37. The van der Waals surface area contributed by atoms with Crippen molar-refractivity contribution in [1.82, 2.24) is 10.6 Å². The van der Waals surface area contributed by atoms with Gasteiger partial charge in [-0.3, -0.25) is 4.79 Å². The summed E-state index contributed by atoms with van der Waals surface area (Å²) < 4.78 is 0. The average Bonchev–Trinajstić information content (AvgIpc) is 2.94. The molecule has 0 radical (unpaired) electrons. The molecule has 3 rings (SSSR count). The van der Waals surface area contributed by atoms with Gasteiger partial charge in [0.05, 0.1) is 0 Å². The first kappa shape index (κ1) is 18.3. The van der Waals surface area contributed by atoms with Gasteiger partial charge in [0, 0.05) is 24.7 Å². The highest BCUT2D eigenvalue weighted by Gasteiger charge is 2.31. The lowest BCUT2D eigenvalue weighted by atomic mass is 9.74. The van der Waals surface area contributed by atoms with E-state index in [-0.39, 0.29) is 18.3 Å². The number of fused-ring (bicyclic) bond motifs is 1. The van der Waals surface area contributed by atoms with Crippen molar-refractivity contribution < 1.29 is 4.79 Å². The summed E-state index contributed by atoms with van der Waals surface area (Å²) >= 11 is 0. The molecule has 4 heteroatoms. The molecule has 1 aromatic rings. The van der Waals surface area contributed by atoms with E-state index in [2.05, 4.69) is 43.5 Å². The summed E-state index contributed by atoms with van der Waals surface area (Å²) in [6, 6.07) is 6.44. The normalized spacial score (nSPS) is 26.5. The van der Waals surface area contributed by atoms with Crippen molar-refractivity contribution in [2.24, 2.45) is 17.8 Å². The molecule has 3 nitrogen and oxygen atoms in total. The highest BCUT2D eigenvalue weighted by atomic mass is 35.5. The number of rotatable bonds is 3. The lowest BCUT2D eigenvalue weighted by Crippen LogP contribution is -2.45. The van der Waals surface area contributed by atoms with Crippen LogP contribution in [0.3, 0.4) is 0 Å². The molecule has 0 spiro atoms. The van der Waals surface area contributed by atoms with Gasteiger partial charge in [-0.25, -0.2) is 0 Å². The summed E-state index contributed by atoms with van der Waals surface area (Å²) in [5, 5.41) is 6.66. The van der Waals surface area contributed by atoms with E-state index in [1.807, 2.05) is 6.07 Å². The topological polar surface area (TPSA) is 41.1 Å². The van der Waals surface area contributed by atoms with E-state index in [0.29, 0.717) is 23.8 Å². The summed E-state index contributed by atoms with van der Waals surface area (Å²) in [5.41, 5.74) is 3.40. The molecule has 1 aromatic carbocycles. The predicted molar refractivity (Wildman–Crippen MR) is 96.8 cm³/mol. The molecular weight excluding hydrogens is 308 g/mol. The van der Waals surface area contributed by atoms with Crippen LogP contribution in [-0.2, 0) is 13.1 Å². The van der Waals surface area contributed by atoms with Crippen LogP contribution in [-0.4, -0.2) is 11.9 Å². The quantitative estimate of drug-likeness (QED) is 0.878. The number of carbonyl (C=O) groups excluding carboxylic acids is 1. The molecule has 1 amide bonds. The van der Waals surface area contributed by atoms with E-state index in [4.69, 9.17) is 0 Å². The monoisotopic (exact) mass is 336 g/mol. The molecule has 3 atom stereocenters. The van der Waals surface area contributed by atoms with Crippen LogP contribution in [0.25, 0.3) is 0 Å². The largest absolute Gasteiger partial charge is 0.349 e. The third-order valence-electron chi connectivity index (χ3n) is 5.44. The van der Waals surface area contributed by atoms with Gasteiger partial charge >= 0.3 is 0 Å². The molecule has 23 heavy (non-hydrogen) atoms. The Kier molecular flexibility index (Phi) is 6.10. The summed E-state index contributed by atoms with van der Waals surface area (Å²) in [4.78, 5) is 12.7. The van der Waals surface area contributed by atoms with Gasteiger partial charge in [0.2, 0.25) is 0 Å². The Hall–Kier alpha value is -1.06. The van der Waals surface area contributed by atoms with Crippen molar-refractivity contribution in [3.8, 4) is 0 Å². The second-order valence-corrected chi connectivity index (χ2v) is 7.49. The van der Waals surface area contributed by atoms with E-state index >= 15 is 0 Å². The molecular formula is C19H29ClN2O. The van der Waals surface area contributed by atoms with Crippen LogP contribution in [0, 0.1) is 17.8 Å². The molecule has 1 fully saturated rings. The van der Waals surface area contributed by atoms with Crippen molar-refractivity contribution in [3.63, 3.8) is 0 Å². The molecule has 0 aromatic heterocycles. The minimum absolute atomic E-state index is 0. The summed E-state index contributed by atoms with van der Waals surface area (Å²) in [6.45, 7) is 8.66. The van der Waals surface area contributed by atoms with E-state index in [0.717, 1.165) is 25.1 Å². The predicted octanol–water partition coefficient (Wildman–Crippen LogP) is 3.90.